The van der Waals surface area contributed by atoms with E-state index in [0.717, 1.165) is 27.5 Å². The van der Waals surface area contributed by atoms with Gasteiger partial charge in [0.05, 0.1) is 11.1 Å². The predicted octanol–water partition coefficient (Wildman–Crippen LogP) is 3.75. The minimum Gasteiger partial charge on any atom is -0.363 e. The van der Waals surface area contributed by atoms with Crippen LogP contribution in [0.15, 0.2) is 48.4 Å². The number of nitrogens with zero attached hydrogens (tertiary/aromatic N) is 5. The van der Waals surface area contributed by atoms with Crippen molar-refractivity contribution in [1.82, 2.24) is 24.7 Å². The monoisotopic (exact) mass is 336 g/mol. The standard InChI is InChI=1S/C17H16N6S/c1-11(13-3-5-14(6-4-13)23-10-18-9-19-23)20-16-15-7-8-24-17(15)22-12(2)21-16/h3-11H,1-2H3,(H,20,21,22). The average molecular weight is 336 g/mol. The van der Waals surface area contributed by atoms with Gasteiger partial charge in [-0.25, -0.2) is 19.6 Å². The van der Waals surface area contributed by atoms with Crippen molar-refractivity contribution in [3.8, 4) is 5.69 Å². The Balaban J connectivity index is 1.59. The smallest absolute Gasteiger partial charge is 0.138 e. The molecule has 3 heterocycles. The number of hydrogen-bond donors (Lipinski definition) is 1. The van der Waals surface area contributed by atoms with E-state index in [1.54, 1.807) is 22.3 Å². The Bertz CT molecular complexity index is 959. The van der Waals surface area contributed by atoms with E-state index in [2.05, 4.69) is 50.5 Å². The van der Waals surface area contributed by atoms with Crippen LogP contribution in [0, 0.1) is 6.92 Å². The van der Waals surface area contributed by atoms with Gasteiger partial charge in [-0.05, 0) is 43.0 Å². The van der Waals surface area contributed by atoms with Gasteiger partial charge in [-0.2, -0.15) is 5.10 Å². The summed E-state index contributed by atoms with van der Waals surface area (Å²) in [5, 5.41) is 10.8. The van der Waals surface area contributed by atoms with Crippen molar-refractivity contribution in [2.24, 2.45) is 0 Å². The van der Waals surface area contributed by atoms with Gasteiger partial charge in [-0.15, -0.1) is 11.3 Å². The van der Waals surface area contributed by atoms with Crippen LogP contribution in [0.25, 0.3) is 15.9 Å². The van der Waals surface area contributed by atoms with Gasteiger partial charge in [0.25, 0.3) is 0 Å². The quantitative estimate of drug-likeness (QED) is 0.614. The molecule has 7 heteroatoms. The number of benzene rings is 1. The number of fused-ring (bicyclic) bond motifs is 1. The van der Waals surface area contributed by atoms with Gasteiger partial charge in [0, 0.05) is 6.04 Å². The third-order valence-corrected chi connectivity index (χ3v) is 4.67. The summed E-state index contributed by atoms with van der Waals surface area (Å²) in [4.78, 5) is 14.0. The van der Waals surface area contributed by atoms with Crippen LogP contribution < -0.4 is 5.32 Å². The number of hydrogen-bond acceptors (Lipinski definition) is 6. The minimum absolute atomic E-state index is 0.132. The summed E-state index contributed by atoms with van der Waals surface area (Å²) in [7, 11) is 0. The van der Waals surface area contributed by atoms with Crippen molar-refractivity contribution in [3.05, 3.63) is 59.8 Å². The van der Waals surface area contributed by atoms with Gasteiger partial charge in [0.15, 0.2) is 0 Å². The van der Waals surface area contributed by atoms with Gasteiger partial charge < -0.3 is 5.32 Å². The van der Waals surface area contributed by atoms with Crippen LogP contribution >= 0.6 is 11.3 Å². The summed E-state index contributed by atoms with van der Waals surface area (Å²) in [5.41, 5.74) is 2.17. The van der Waals surface area contributed by atoms with Crippen molar-refractivity contribution in [3.63, 3.8) is 0 Å². The van der Waals surface area contributed by atoms with Crippen LogP contribution in [0.4, 0.5) is 5.82 Å². The SMILES string of the molecule is Cc1nc(NC(C)c2ccc(-n3cncn3)cc2)c2ccsc2n1. The van der Waals surface area contributed by atoms with Crippen LogP contribution in [0.3, 0.4) is 0 Å². The molecule has 0 aliphatic heterocycles. The molecule has 0 amide bonds. The second-order valence-corrected chi connectivity index (χ2v) is 6.45. The molecule has 0 saturated heterocycles. The number of aryl methyl sites for hydroxylation is 1. The highest BCUT2D eigenvalue weighted by Crippen LogP contribution is 2.28. The summed E-state index contributed by atoms with van der Waals surface area (Å²) in [6.45, 7) is 4.04. The second kappa shape index (κ2) is 6.01. The van der Waals surface area contributed by atoms with Crippen LogP contribution in [-0.2, 0) is 0 Å². The first-order valence-corrected chi connectivity index (χ1v) is 8.52. The van der Waals surface area contributed by atoms with Gasteiger partial charge in [-0.1, -0.05) is 12.1 Å². The largest absolute Gasteiger partial charge is 0.363 e. The van der Waals surface area contributed by atoms with E-state index in [4.69, 9.17) is 0 Å². The van der Waals surface area contributed by atoms with Crippen LogP contribution in [0.2, 0.25) is 0 Å². The Kier molecular flexibility index (Phi) is 3.70. The number of aromatic nitrogens is 5. The summed E-state index contributed by atoms with van der Waals surface area (Å²) < 4.78 is 1.74. The fraction of sp³-hybridized carbons (Fsp3) is 0.176. The molecule has 1 atom stereocenters. The van der Waals surface area contributed by atoms with Gasteiger partial charge in [-0.3, -0.25) is 0 Å². The van der Waals surface area contributed by atoms with E-state index < -0.39 is 0 Å². The molecular formula is C17H16N6S. The third-order valence-electron chi connectivity index (χ3n) is 3.87. The van der Waals surface area contributed by atoms with Gasteiger partial charge >= 0.3 is 0 Å². The van der Waals surface area contributed by atoms with Gasteiger partial charge in [0.1, 0.15) is 29.1 Å². The normalized spacial score (nSPS) is 12.4. The Morgan fingerprint density at radius 2 is 1.96 bits per heavy atom. The molecule has 0 bridgehead atoms. The Hall–Kier alpha value is -2.80. The molecule has 6 nitrogen and oxygen atoms in total. The second-order valence-electron chi connectivity index (χ2n) is 5.56. The zero-order valence-corrected chi connectivity index (χ0v) is 14.2. The predicted molar refractivity (Wildman–Crippen MR) is 95.5 cm³/mol. The lowest BCUT2D eigenvalue weighted by Gasteiger charge is -2.16. The van der Waals surface area contributed by atoms with E-state index in [1.165, 1.54) is 11.9 Å². The Morgan fingerprint density at radius 3 is 2.71 bits per heavy atom. The molecule has 4 aromatic rings. The summed E-state index contributed by atoms with van der Waals surface area (Å²) >= 11 is 1.63. The van der Waals surface area contributed by atoms with E-state index >= 15 is 0 Å². The topological polar surface area (TPSA) is 68.5 Å². The molecular weight excluding hydrogens is 320 g/mol. The van der Waals surface area contributed by atoms with E-state index in [1.807, 2.05) is 24.4 Å². The highest BCUT2D eigenvalue weighted by atomic mass is 32.1. The highest BCUT2D eigenvalue weighted by Gasteiger charge is 2.11. The van der Waals surface area contributed by atoms with Crippen LogP contribution in [0.5, 0.6) is 0 Å². The van der Waals surface area contributed by atoms with Crippen molar-refractivity contribution in [1.29, 1.82) is 0 Å². The lowest BCUT2D eigenvalue weighted by atomic mass is 10.1. The molecule has 0 fully saturated rings. The van der Waals surface area contributed by atoms with Crippen molar-refractivity contribution in [2.45, 2.75) is 19.9 Å². The van der Waals surface area contributed by atoms with Crippen LogP contribution in [0.1, 0.15) is 24.4 Å². The number of thiophene rings is 1. The lowest BCUT2D eigenvalue weighted by Crippen LogP contribution is -2.09. The maximum Gasteiger partial charge on any atom is 0.138 e. The molecule has 0 saturated carbocycles. The maximum absolute atomic E-state index is 4.56. The fourth-order valence-electron chi connectivity index (χ4n) is 2.62. The molecule has 24 heavy (non-hydrogen) atoms. The van der Waals surface area contributed by atoms with E-state index in [0.29, 0.717) is 0 Å². The van der Waals surface area contributed by atoms with Crippen molar-refractivity contribution >= 4 is 27.4 Å². The molecule has 3 aromatic heterocycles. The summed E-state index contributed by atoms with van der Waals surface area (Å²) in [6, 6.07) is 10.4. The molecule has 4 rings (SSSR count). The number of rotatable bonds is 4. The van der Waals surface area contributed by atoms with Crippen molar-refractivity contribution < 1.29 is 0 Å². The third kappa shape index (κ3) is 2.74. The number of nitrogens with one attached hydrogen (secondary N) is 1. The molecule has 120 valence electrons. The molecule has 0 aliphatic carbocycles. The average Bonchev–Trinajstić information content (AvgIpc) is 3.26. The summed E-state index contributed by atoms with van der Waals surface area (Å²) in [5.74, 6) is 1.66. The molecule has 0 spiro atoms. The Morgan fingerprint density at radius 1 is 1.12 bits per heavy atom. The maximum atomic E-state index is 4.56. The molecule has 0 aliphatic rings. The van der Waals surface area contributed by atoms with Crippen molar-refractivity contribution in [2.75, 3.05) is 5.32 Å². The van der Waals surface area contributed by atoms with Crippen LogP contribution in [-0.4, -0.2) is 24.7 Å². The summed E-state index contributed by atoms with van der Waals surface area (Å²) in [6.07, 6.45) is 3.22. The molecule has 0 radical (unpaired) electrons. The molecule has 1 aromatic carbocycles. The number of anilines is 1. The van der Waals surface area contributed by atoms with E-state index in [9.17, 15) is 0 Å². The highest BCUT2D eigenvalue weighted by molar-refractivity contribution is 7.16. The lowest BCUT2D eigenvalue weighted by molar-refractivity contribution is 0.857. The first kappa shape index (κ1) is 14.8. The first-order valence-electron chi connectivity index (χ1n) is 7.64. The zero-order valence-electron chi connectivity index (χ0n) is 13.3. The van der Waals surface area contributed by atoms with Gasteiger partial charge in [0.2, 0.25) is 0 Å². The van der Waals surface area contributed by atoms with E-state index in [-0.39, 0.29) is 6.04 Å². The molecule has 1 unspecified atom stereocenters. The Labute approximate surface area is 143 Å². The fourth-order valence-corrected chi connectivity index (χ4v) is 3.43. The first-order chi connectivity index (χ1) is 11.7. The minimum atomic E-state index is 0.132. The molecule has 1 N–H and O–H groups in total. The zero-order chi connectivity index (χ0) is 16.5.